The lowest BCUT2D eigenvalue weighted by Gasteiger charge is -2.19. The molecule has 0 aliphatic carbocycles. The fourth-order valence-electron chi connectivity index (χ4n) is 1.96. The number of benzene rings is 2. The molecule has 0 unspecified atom stereocenters. The van der Waals surface area contributed by atoms with Crippen LogP contribution in [-0.2, 0) is 0 Å². The predicted molar refractivity (Wildman–Crippen MR) is 87.5 cm³/mol. The van der Waals surface area contributed by atoms with Gasteiger partial charge in [0.15, 0.2) is 0 Å². The second-order valence-electron chi connectivity index (χ2n) is 4.04. The Hall–Kier alpha value is -1.91. The van der Waals surface area contributed by atoms with Gasteiger partial charge in [-0.3, -0.25) is 0 Å². The normalized spacial score (nSPS) is 11.3. The number of hydrogen-bond acceptors (Lipinski definition) is 0. The Morgan fingerprint density at radius 1 is 0.789 bits per heavy atom. The lowest BCUT2D eigenvalue weighted by atomic mass is 10.4. The molecular formula is C18H17P. The van der Waals surface area contributed by atoms with E-state index in [0.29, 0.717) is 0 Å². The van der Waals surface area contributed by atoms with Crippen molar-refractivity contribution in [1.82, 2.24) is 0 Å². The van der Waals surface area contributed by atoms with Gasteiger partial charge in [-0.05, 0) is 23.8 Å². The molecule has 1 heteroatoms. The predicted octanol–water partition coefficient (Wildman–Crippen LogP) is 4.38. The fourth-order valence-corrected chi connectivity index (χ4v) is 4.23. The second-order valence-corrected chi connectivity index (χ2v) is 6.26. The van der Waals surface area contributed by atoms with Crippen LogP contribution in [0.15, 0.2) is 97.4 Å². The van der Waals surface area contributed by atoms with Crippen molar-refractivity contribution < 1.29 is 0 Å². The quantitative estimate of drug-likeness (QED) is 0.555. The average molecular weight is 264 g/mol. The molecule has 0 radical (unpaired) electrons. The Kier molecular flexibility index (Phi) is 4.89. The maximum absolute atomic E-state index is 3.95. The van der Waals surface area contributed by atoms with Crippen LogP contribution in [0, 0.1) is 0 Å². The first-order chi connectivity index (χ1) is 9.36. The Bertz CT molecular complexity index is 528. The van der Waals surface area contributed by atoms with E-state index in [1.165, 1.54) is 15.9 Å². The van der Waals surface area contributed by atoms with E-state index in [4.69, 9.17) is 0 Å². The molecule has 0 saturated heterocycles. The summed E-state index contributed by atoms with van der Waals surface area (Å²) in [7, 11) is -0.548. The Morgan fingerprint density at radius 3 is 1.63 bits per heavy atom. The van der Waals surface area contributed by atoms with E-state index in [0.717, 1.165) is 0 Å². The molecule has 19 heavy (non-hydrogen) atoms. The Morgan fingerprint density at radius 2 is 1.26 bits per heavy atom. The molecule has 94 valence electrons. The number of allylic oxidation sites excluding steroid dienone is 4. The summed E-state index contributed by atoms with van der Waals surface area (Å²) in [5.74, 6) is 0. The van der Waals surface area contributed by atoms with Crippen molar-refractivity contribution in [3.05, 3.63) is 97.4 Å². The zero-order valence-electron chi connectivity index (χ0n) is 10.9. The summed E-state index contributed by atoms with van der Waals surface area (Å²) < 4.78 is 0. The molecule has 0 nitrogen and oxygen atoms in total. The van der Waals surface area contributed by atoms with Crippen LogP contribution < -0.4 is 10.6 Å². The molecular weight excluding hydrogens is 247 g/mol. The smallest absolute Gasteiger partial charge is 0.0135 e. The molecule has 0 aliphatic rings. The molecule has 0 fully saturated rings. The van der Waals surface area contributed by atoms with Crippen LogP contribution in [0.1, 0.15) is 0 Å². The van der Waals surface area contributed by atoms with E-state index in [1.54, 1.807) is 0 Å². The van der Waals surface area contributed by atoms with E-state index >= 15 is 0 Å². The second kappa shape index (κ2) is 6.87. The van der Waals surface area contributed by atoms with Crippen LogP contribution in [0.3, 0.4) is 0 Å². The van der Waals surface area contributed by atoms with Gasteiger partial charge in [0.2, 0.25) is 0 Å². The van der Waals surface area contributed by atoms with E-state index in [2.05, 4.69) is 67.8 Å². The first-order valence-corrected chi connectivity index (χ1v) is 7.56. The number of rotatable bonds is 5. The molecule has 0 amide bonds. The summed E-state index contributed by atoms with van der Waals surface area (Å²) >= 11 is 0. The molecule has 0 saturated carbocycles. The van der Waals surface area contributed by atoms with Gasteiger partial charge in [0.05, 0.1) is 0 Å². The van der Waals surface area contributed by atoms with Gasteiger partial charge in [-0.25, -0.2) is 0 Å². The van der Waals surface area contributed by atoms with Gasteiger partial charge in [0, 0.05) is 0 Å². The van der Waals surface area contributed by atoms with Gasteiger partial charge < -0.3 is 0 Å². The highest BCUT2D eigenvalue weighted by Crippen LogP contribution is 2.43. The number of hydrogen-bond donors (Lipinski definition) is 0. The molecule has 0 aliphatic heterocycles. The van der Waals surface area contributed by atoms with Crippen LogP contribution in [0.25, 0.3) is 0 Å². The van der Waals surface area contributed by atoms with Gasteiger partial charge >= 0.3 is 0 Å². The van der Waals surface area contributed by atoms with E-state index in [1.807, 2.05) is 24.3 Å². The highest BCUT2D eigenvalue weighted by Gasteiger charge is 2.15. The fraction of sp³-hybridized carbons (Fsp3) is 0. The van der Waals surface area contributed by atoms with Crippen LogP contribution in [0.2, 0.25) is 0 Å². The van der Waals surface area contributed by atoms with Crippen molar-refractivity contribution in [2.75, 3.05) is 0 Å². The topological polar surface area (TPSA) is 0 Å². The molecule has 2 aromatic rings. The minimum atomic E-state index is -0.548. The molecule has 2 rings (SSSR count). The van der Waals surface area contributed by atoms with Crippen molar-refractivity contribution in [1.29, 1.82) is 0 Å². The van der Waals surface area contributed by atoms with Crippen molar-refractivity contribution in [2.24, 2.45) is 0 Å². The van der Waals surface area contributed by atoms with Crippen LogP contribution in [-0.4, -0.2) is 0 Å². The van der Waals surface area contributed by atoms with Crippen LogP contribution in [0.4, 0.5) is 0 Å². The first-order valence-electron chi connectivity index (χ1n) is 6.22. The zero-order valence-corrected chi connectivity index (χ0v) is 11.8. The van der Waals surface area contributed by atoms with Crippen molar-refractivity contribution >= 4 is 18.5 Å². The van der Waals surface area contributed by atoms with E-state index in [-0.39, 0.29) is 0 Å². The highest BCUT2D eigenvalue weighted by atomic mass is 31.1. The van der Waals surface area contributed by atoms with Gasteiger partial charge in [-0.1, -0.05) is 92.0 Å². The summed E-state index contributed by atoms with van der Waals surface area (Å²) in [6.45, 7) is 7.76. The lowest BCUT2D eigenvalue weighted by molar-refractivity contribution is 1.74. The van der Waals surface area contributed by atoms with Crippen molar-refractivity contribution in [3.63, 3.8) is 0 Å². The van der Waals surface area contributed by atoms with E-state index < -0.39 is 7.92 Å². The molecule has 0 N–H and O–H groups in total. The van der Waals surface area contributed by atoms with Crippen molar-refractivity contribution in [2.45, 2.75) is 0 Å². The molecule has 0 atom stereocenters. The first kappa shape index (κ1) is 13.5. The van der Waals surface area contributed by atoms with Crippen LogP contribution in [0.5, 0.6) is 0 Å². The SMILES string of the molecule is C=CC=C(C=C)P(c1ccccc1)c1ccccc1. The molecule has 0 heterocycles. The monoisotopic (exact) mass is 264 g/mol. The largest absolute Gasteiger partial charge is 0.0990 e. The maximum atomic E-state index is 3.95. The van der Waals surface area contributed by atoms with Gasteiger partial charge in [0.25, 0.3) is 0 Å². The Balaban J connectivity index is 2.54. The standard InChI is InChI=1S/C18H17P/c1-3-11-16(4-2)19(17-12-7-5-8-13-17)18-14-9-6-10-15-18/h3-15H,1-2H2. The summed E-state index contributed by atoms with van der Waals surface area (Å²) in [5, 5.41) is 3.89. The zero-order chi connectivity index (χ0) is 13.5. The lowest BCUT2D eigenvalue weighted by Crippen LogP contribution is -2.12. The maximum Gasteiger partial charge on any atom is -0.0135 e. The molecule has 0 aromatic heterocycles. The summed E-state index contributed by atoms with van der Waals surface area (Å²) in [5.41, 5.74) is 0. The summed E-state index contributed by atoms with van der Waals surface area (Å²) in [6.07, 6.45) is 5.82. The van der Waals surface area contributed by atoms with Gasteiger partial charge in [-0.2, -0.15) is 0 Å². The van der Waals surface area contributed by atoms with Gasteiger partial charge in [0.1, 0.15) is 0 Å². The minimum absolute atomic E-state index is 0.548. The third kappa shape index (κ3) is 3.30. The molecule has 2 aromatic carbocycles. The summed E-state index contributed by atoms with van der Waals surface area (Å²) in [4.78, 5) is 0. The third-order valence-electron chi connectivity index (χ3n) is 2.78. The van der Waals surface area contributed by atoms with E-state index in [9.17, 15) is 0 Å². The minimum Gasteiger partial charge on any atom is -0.0990 e. The average Bonchev–Trinajstić information content (AvgIpc) is 2.49. The van der Waals surface area contributed by atoms with Gasteiger partial charge in [-0.15, -0.1) is 0 Å². The van der Waals surface area contributed by atoms with Crippen molar-refractivity contribution in [3.8, 4) is 0 Å². The molecule has 0 spiro atoms. The highest BCUT2D eigenvalue weighted by molar-refractivity contribution is 7.77. The molecule has 0 bridgehead atoms. The Labute approximate surface area is 116 Å². The van der Waals surface area contributed by atoms with Crippen LogP contribution >= 0.6 is 7.92 Å². The third-order valence-corrected chi connectivity index (χ3v) is 5.26. The summed E-state index contributed by atoms with van der Waals surface area (Å²) in [6, 6.07) is 21.2.